The maximum atomic E-state index is 12.7. The van der Waals surface area contributed by atoms with Gasteiger partial charge in [-0.1, -0.05) is 61.9 Å². The summed E-state index contributed by atoms with van der Waals surface area (Å²) in [4.78, 5) is 36.9. The maximum Gasteiger partial charge on any atom is 0.327 e. The first kappa shape index (κ1) is 23.6. The molecular formula is C23H25N5O5. The number of aromatic nitrogens is 4. The number of tetrazole rings is 1. The van der Waals surface area contributed by atoms with Crippen molar-refractivity contribution in [1.29, 1.82) is 0 Å². The Bertz CT molecular complexity index is 1100. The minimum Gasteiger partial charge on any atom is -0.481 e. The van der Waals surface area contributed by atoms with Crippen LogP contribution in [0.25, 0.3) is 22.5 Å². The summed E-state index contributed by atoms with van der Waals surface area (Å²) < 4.78 is 0. The molecule has 0 spiro atoms. The number of carboxylic acids is 2. The first-order valence-electron chi connectivity index (χ1n) is 10.6. The summed E-state index contributed by atoms with van der Waals surface area (Å²) in [6.45, 7) is 1.92. The van der Waals surface area contributed by atoms with Gasteiger partial charge in [0.1, 0.15) is 6.04 Å². The molecule has 0 aliphatic carbocycles. The Morgan fingerprint density at radius 3 is 2.30 bits per heavy atom. The molecule has 0 saturated heterocycles. The molecule has 3 aromatic rings. The van der Waals surface area contributed by atoms with E-state index in [1.807, 2.05) is 43.3 Å². The van der Waals surface area contributed by atoms with Crippen LogP contribution in [0.15, 0.2) is 48.5 Å². The first-order valence-corrected chi connectivity index (χ1v) is 10.6. The fourth-order valence-electron chi connectivity index (χ4n) is 3.53. The highest BCUT2D eigenvalue weighted by Gasteiger charge is 2.31. The Hall–Kier alpha value is -4.08. The quantitative estimate of drug-likeness (QED) is 0.403. The average Bonchev–Trinajstić information content (AvgIpc) is 3.35. The molecule has 10 nitrogen and oxygen atoms in total. The van der Waals surface area contributed by atoms with Gasteiger partial charge in [-0.3, -0.25) is 9.59 Å². The number of carbonyl (C=O) groups excluding carboxylic acids is 1. The van der Waals surface area contributed by atoms with Gasteiger partial charge >= 0.3 is 11.9 Å². The second kappa shape index (κ2) is 11.0. The molecule has 172 valence electrons. The van der Waals surface area contributed by atoms with Crippen LogP contribution in [0.3, 0.4) is 0 Å². The number of unbranched alkanes of at least 4 members (excludes halogenated alkanes) is 1. The van der Waals surface area contributed by atoms with Crippen molar-refractivity contribution in [3.63, 3.8) is 0 Å². The smallest absolute Gasteiger partial charge is 0.327 e. The van der Waals surface area contributed by atoms with Gasteiger partial charge < -0.3 is 15.1 Å². The van der Waals surface area contributed by atoms with Gasteiger partial charge in [-0.25, -0.2) is 4.79 Å². The van der Waals surface area contributed by atoms with Crippen molar-refractivity contribution in [2.24, 2.45) is 0 Å². The number of aliphatic carboxylic acids is 2. The zero-order valence-corrected chi connectivity index (χ0v) is 18.1. The van der Waals surface area contributed by atoms with E-state index in [9.17, 15) is 19.5 Å². The molecule has 2 aromatic carbocycles. The number of nitrogens with one attached hydrogen (secondary N) is 1. The van der Waals surface area contributed by atoms with E-state index in [1.165, 1.54) is 0 Å². The Labute approximate surface area is 190 Å². The van der Waals surface area contributed by atoms with Crippen LogP contribution in [-0.4, -0.2) is 59.6 Å². The molecular weight excluding hydrogens is 426 g/mol. The number of H-pyrrole nitrogens is 1. The van der Waals surface area contributed by atoms with Crippen LogP contribution in [0.4, 0.5) is 0 Å². The highest BCUT2D eigenvalue weighted by molar-refractivity contribution is 5.87. The van der Waals surface area contributed by atoms with Gasteiger partial charge in [0.05, 0.1) is 6.42 Å². The molecule has 0 aliphatic heterocycles. The van der Waals surface area contributed by atoms with E-state index in [0.717, 1.165) is 28.0 Å². The number of hydrogen-bond acceptors (Lipinski definition) is 6. The lowest BCUT2D eigenvalue weighted by Gasteiger charge is -2.28. The summed E-state index contributed by atoms with van der Waals surface area (Å²) in [6, 6.07) is 13.4. The highest BCUT2D eigenvalue weighted by Crippen LogP contribution is 2.30. The molecule has 1 aromatic heterocycles. The van der Waals surface area contributed by atoms with Crippen molar-refractivity contribution in [1.82, 2.24) is 25.5 Å². The summed E-state index contributed by atoms with van der Waals surface area (Å²) >= 11 is 0. The molecule has 3 N–H and O–H groups in total. The van der Waals surface area contributed by atoms with Crippen molar-refractivity contribution in [3.8, 4) is 22.5 Å². The van der Waals surface area contributed by atoms with Crippen LogP contribution in [0, 0.1) is 0 Å². The van der Waals surface area contributed by atoms with Gasteiger partial charge in [0.2, 0.25) is 11.7 Å². The highest BCUT2D eigenvalue weighted by atomic mass is 16.4. The van der Waals surface area contributed by atoms with Crippen molar-refractivity contribution in [2.45, 2.75) is 45.2 Å². The molecule has 0 fully saturated rings. The van der Waals surface area contributed by atoms with Crippen LogP contribution in [0.5, 0.6) is 0 Å². The van der Waals surface area contributed by atoms with Gasteiger partial charge in [0.15, 0.2) is 0 Å². The molecule has 0 radical (unpaired) electrons. The van der Waals surface area contributed by atoms with Gasteiger partial charge in [-0.05, 0) is 28.3 Å². The van der Waals surface area contributed by atoms with Gasteiger partial charge in [-0.15, -0.1) is 10.2 Å². The van der Waals surface area contributed by atoms with E-state index < -0.39 is 24.4 Å². The summed E-state index contributed by atoms with van der Waals surface area (Å²) in [5, 5.41) is 32.9. The third kappa shape index (κ3) is 6.00. The number of nitrogens with zero attached hydrogens (tertiary/aromatic N) is 4. The first-order chi connectivity index (χ1) is 15.9. The molecule has 1 atom stereocenters. The van der Waals surface area contributed by atoms with Crippen molar-refractivity contribution < 1.29 is 24.6 Å². The van der Waals surface area contributed by atoms with Crippen LogP contribution < -0.4 is 0 Å². The molecule has 0 aliphatic rings. The monoisotopic (exact) mass is 451 g/mol. The van der Waals surface area contributed by atoms with Gasteiger partial charge in [0.25, 0.3) is 0 Å². The largest absolute Gasteiger partial charge is 0.481 e. The third-order valence-corrected chi connectivity index (χ3v) is 5.22. The lowest BCUT2D eigenvalue weighted by atomic mass is 9.98. The van der Waals surface area contributed by atoms with Crippen LogP contribution in [0.2, 0.25) is 0 Å². The Kier molecular flexibility index (Phi) is 7.85. The molecule has 1 unspecified atom stereocenters. The average molecular weight is 451 g/mol. The number of amides is 1. The van der Waals surface area contributed by atoms with Crippen molar-refractivity contribution in [3.05, 3.63) is 54.1 Å². The third-order valence-electron chi connectivity index (χ3n) is 5.22. The van der Waals surface area contributed by atoms with Crippen LogP contribution >= 0.6 is 0 Å². The van der Waals surface area contributed by atoms with Crippen LogP contribution in [-0.2, 0) is 20.9 Å². The topological polar surface area (TPSA) is 149 Å². The number of aromatic amines is 1. The van der Waals surface area contributed by atoms with E-state index in [2.05, 4.69) is 20.6 Å². The fraction of sp³-hybridized carbons (Fsp3) is 0.304. The lowest BCUT2D eigenvalue weighted by Crippen LogP contribution is -2.45. The van der Waals surface area contributed by atoms with E-state index in [-0.39, 0.29) is 18.9 Å². The standard InChI is InChI=1S/C23H25N5O5/c1-2-3-8-20(29)28(19(23(32)33)13-21(30)31)14-15-9-11-16(12-10-15)17-6-4-5-7-18(17)22-24-26-27-25-22/h4-7,9-12,19H,2-3,8,13-14H2,1H3,(H,30,31)(H,32,33)(H,24,25,26,27). The van der Waals surface area contributed by atoms with E-state index in [4.69, 9.17) is 5.11 Å². The van der Waals surface area contributed by atoms with E-state index >= 15 is 0 Å². The second-order valence-corrected chi connectivity index (χ2v) is 7.56. The molecule has 33 heavy (non-hydrogen) atoms. The van der Waals surface area contributed by atoms with Crippen molar-refractivity contribution >= 4 is 17.8 Å². The predicted octanol–water partition coefficient (Wildman–Crippen LogP) is 2.98. The number of carboxylic acid groups (broad SMARTS) is 2. The Balaban J connectivity index is 1.87. The minimum atomic E-state index is -1.44. The molecule has 0 saturated carbocycles. The maximum absolute atomic E-state index is 12.7. The summed E-state index contributed by atoms with van der Waals surface area (Å²) in [5.41, 5.74) is 3.25. The summed E-state index contributed by atoms with van der Waals surface area (Å²) in [5.74, 6) is -2.53. The lowest BCUT2D eigenvalue weighted by molar-refractivity contribution is -0.155. The van der Waals surface area contributed by atoms with Gasteiger partial charge in [0, 0.05) is 18.5 Å². The number of hydrogen-bond donors (Lipinski definition) is 3. The van der Waals surface area contributed by atoms with E-state index in [1.54, 1.807) is 12.1 Å². The molecule has 1 heterocycles. The minimum absolute atomic E-state index is 0.000434. The van der Waals surface area contributed by atoms with Gasteiger partial charge in [-0.2, -0.15) is 5.21 Å². The molecule has 1 amide bonds. The number of rotatable bonds is 11. The number of carbonyl (C=O) groups is 3. The number of benzene rings is 2. The summed E-state index contributed by atoms with van der Waals surface area (Å²) in [7, 11) is 0. The molecule has 0 bridgehead atoms. The fourth-order valence-corrected chi connectivity index (χ4v) is 3.53. The summed E-state index contributed by atoms with van der Waals surface area (Å²) in [6.07, 6.45) is 0.866. The SMILES string of the molecule is CCCCC(=O)N(Cc1ccc(-c2ccccc2-c2nn[nH]n2)cc1)C(CC(=O)O)C(=O)O. The molecule has 10 heteroatoms. The van der Waals surface area contributed by atoms with Crippen molar-refractivity contribution in [2.75, 3.05) is 0 Å². The Morgan fingerprint density at radius 1 is 1.03 bits per heavy atom. The zero-order valence-electron chi connectivity index (χ0n) is 18.1. The van der Waals surface area contributed by atoms with E-state index in [0.29, 0.717) is 17.8 Å². The molecule has 3 rings (SSSR count). The second-order valence-electron chi connectivity index (χ2n) is 7.56. The normalized spacial score (nSPS) is 11.7. The zero-order chi connectivity index (χ0) is 23.8. The Morgan fingerprint density at radius 2 is 1.73 bits per heavy atom. The van der Waals surface area contributed by atoms with Crippen LogP contribution in [0.1, 0.15) is 38.2 Å². The predicted molar refractivity (Wildman–Crippen MR) is 119 cm³/mol.